The monoisotopic (exact) mass is 286 g/mol. The van der Waals surface area contributed by atoms with Crippen molar-refractivity contribution in [1.82, 2.24) is 0 Å². The molecule has 0 unspecified atom stereocenters. The summed E-state index contributed by atoms with van der Waals surface area (Å²) in [5.74, 6) is -0.538. The molecule has 0 bridgehead atoms. The quantitative estimate of drug-likeness (QED) is 0.881. The van der Waals surface area contributed by atoms with Crippen molar-refractivity contribution in [3.8, 4) is 0 Å². The maximum absolute atomic E-state index is 13.8. The van der Waals surface area contributed by atoms with Gasteiger partial charge in [0.2, 0.25) is 5.91 Å². The second-order valence-corrected chi connectivity index (χ2v) is 5.27. The summed E-state index contributed by atoms with van der Waals surface area (Å²) in [6.07, 6.45) is 0. The average Bonchev–Trinajstić information content (AvgIpc) is 2.46. The molecule has 2 aromatic rings. The van der Waals surface area contributed by atoms with Crippen LogP contribution in [-0.2, 0) is 6.54 Å². The number of primary amides is 1. The molecule has 110 valence electrons. The van der Waals surface area contributed by atoms with Crippen LogP contribution in [0.3, 0.4) is 0 Å². The Labute approximate surface area is 124 Å². The number of carbonyl (C=O) groups is 1. The molecule has 0 radical (unpaired) electrons. The van der Waals surface area contributed by atoms with Crippen molar-refractivity contribution in [3.05, 3.63) is 65.0 Å². The number of nitrogens with one attached hydrogen (secondary N) is 1. The molecular formula is C17H19FN2O. The zero-order valence-electron chi connectivity index (χ0n) is 12.2. The highest BCUT2D eigenvalue weighted by Crippen LogP contribution is 2.24. The van der Waals surface area contributed by atoms with E-state index >= 15 is 0 Å². The molecule has 0 aliphatic rings. The normalized spacial score (nSPS) is 10.7. The number of hydrogen-bond donors (Lipinski definition) is 2. The highest BCUT2D eigenvalue weighted by Gasteiger charge is 2.09. The van der Waals surface area contributed by atoms with Gasteiger partial charge < -0.3 is 11.1 Å². The molecule has 0 aliphatic carbocycles. The summed E-state index contributed by atoms with van der Waals surface area (Å²) in [6, 6.07) is 12.1. The molecule has 2 aromatic carbocycles. The van der Waals surface area contributed by atoms with Gasteiger partial charge in [0.15, 0.2) is 0 Å². The van der Waals surface area contributed by atoms with Crippen molar-refractivity contribution in [2.24, 2.45) is 5.73 Å². The fourth-order valence-electron chi connectivity index (χ4n) is 2.22. The fourth-order valence-corrected chi connectivity index (χ4v) is 2.22. The van der Waals surface area contributed by atoms with Crippen LogP contribution in [-0.4, -0.2) is 5.91 Å². The summed E-state index contributed by atoms with van der Waals surface area (Å²) in [5, 5.41) is 3.23. The molecule has 0 heterocycles. The first-order chi connectivity index (χ1) is 9.99. The van der Waals surface area contributed by atoms with Gasteiger partial charge in [0.25, 0.3) is 0 Å². The van der Waals surface area contributed by atoms with E-state index in [0.717, 1.165) is 5.69 Å². The highest BCUT2D eigenvalue weighted by atomic mass is 19.1. The first-order valence-corrected chi connectivity index (χ1v) is 6.90. The maximum atomic E-state index is 13.8. The summed E-state index contributed by atoms with van der Waals surface area (Å²) in [7, 11) is 0. The van der Waals surface area contributed by atoms with E-state index in [1.807, 2.05) is 24.3 Å². The van der Waals surface area contributed by atoms with E-state index < -0.39 is 5.91 Å². The minimum atomic E-state index is -0.557. The van der Waals surface area contributed by atoms with Gasteiger partial charge in [0.1, 0.15) is 5.82 Å². The molecule has 1 amide bonds. The number of benzene rings is 2. The maximum Gasteiger partial charge on any atom is 0.248 e. The lowest BCUT2D eigenvalue weighted by Crippen LogP contribution is -2.12. The van der Waals surface area contributed by atoms with Gasteiger partial charge >= 0.3 is 0 Å². The van der Waals surface area contributed by atoms with E-state index in [0.29, 0.717) is 23.6 Å². The molecule has 0 spiro atoms. The molecule has 0 aliphatic heterocycles. The number of hydrogen-bond acceptors (Lipinski definition) is 2. The van der Waals surface area contributed by atoms with Gasteiger partial charge in [-0.1, -0.05) is 32.0 Å². The van der Waals surface area contributed by atoms with Crippen LogP contribution in [0.15, 0.2) is 42.5 Å². The number of carbonyl (C=O) groups excluding carboxylic acids is 1. The van der Waals surface area contributed by atoms with E-state index in [9.17, 15) is 9.18 Å². The second kappa shape index (κ2) is 6.39. The molecule has 0 atom stereocenters. The van der Waals surface area contributed by atoms with Crippen LogP contribution in [0.4, 0.5) is 10.1 Å². The number of rotatable bonds is 5. The Morgan fingerprint density at radius 3 is 2.62 bits per heavy atom. The van der Waals surface area contributed by atoms with Crippen molar-refractivity contribution >= 4 is 11.6 Å². The first kappa shape index (κ1) is 15.0. The molecule has 0 saturated heterocycles. The third kappa shape index (κ3) is 3.60. The third-order valence-corrected chi connectivity index (χ3v) is 3.38. The van der Waals surface area contributed by atoms with E-state index in [-0.39, 0.29) is 5.82 Å². The Morgan fingerprint density at radius 2 is 1.95 bits per heavy atom. The highest BCUT2D eigenvalue weighted by molar-refractivity contribution is 5.92. The van der Waals surface area contributed by atoms with Crippen LogP contribution in [0.25, 0.3) is 0 Å². The van der Waals surface area contributed by atoms with Crippen LogP contribution < -0.4 is 11.1 Å². The van der Waals surface area contributed by atoms with Gasteiger partial charge in [-0.15, -0.1) is 0 Å². The zero-order valence-corrected chi connectivity index (χ0v) is 12.2. The van der Waals surface area contributed by atoms with Gasteiger partial charge in [0.05, 0.1) is 0 Å². The van der Waals surface area contributed by atoms with Gasteiger partial charge in [-0.25, -0.2) is 4.39 Å². The molecule has 4 heteroatoms. The van der Waals surface area contributed by atoms with Crippen LogP contribution in [0.5, 0.6) is 0 Å². The lowest BCUT2D eigenvalue weighted by molar-refractivity contribution is 0.1000. The largest absolute Gasteiger partial charge is 0.381 e. The Kier molecular flexibility index (Phi) is 4.58. The molecular weight excluding hydrogens is 267 g/mol. The number of amides is 1. The molecule has 0 fully saturated rings. The van der Waals surface area contributed by atoms with Gasteiger partial charge in [0, 0.05) is 23.4 Å². The second-order valence-electron chi connectivity index (χ2n) is 5.27. The third-order valence-electron chi connectivity index (χ3n) is 3.38. The van der Waals surface area contributed by atoms with Gasteiger partial charge in [-0.05, 0) is 35.7 Å². The standard InChI is InChI=1S/C17H19FN2O/c1-11(2)14-5-3-4-6-16(14)20-10-13-9-12(17(19)21)7-8-15(13)18/h3-9,11,20H,10H2,1-2H3,(H2,19,21). The number of para-hydroxylation sites is 1. The van der Waals surface area contributed by atoms with Crippen molar-refractivity contribution in [1.29, 1.82) is 0 Å². The van der Waals surface area contributed by atoms with Crippen LogP contribution in [0.1, 0.15) is 41.3 Å². The Balaban J connectivity index is 2.20. The lowest BCUT2D eigenvalue weighted by atomic mass is 10.0. The Bertz CT molecular complexity index is 653. The SMILES string of the molecule is CC(C)c1ccccc1NCc1cc(C(N)=O)ccc1F. The van der Waals surface area contributed by atoms with Gasteiger partial charge in [-0.3, -0.25) is 4.79 Å². The smallest absolute Gasteiger partial charge is 0.248 e. The predicted octanol–water partition coefficient (Wildman–Crippen LogP) is 3.66. The van der Waals surface area contributed by atoms with E-state index in [1.165, 1.54) is 23.8 Å². The number of halogens is 1. The number of anilines is 1. The molecule has 0 saturated carbocycles. The van der Waals surface area contributed by atoms with Crippen molar-refractivity contribution in [2.45, 2.75) is 26.3 Å². The van der Waals surface area contributed by atoms with Crippen molar-refractivity contribution < 1.29 is 9.18 Å². The Hall–Kier alpha value is -2.36. The minimum absolute atomic E-state index is 0.302. The van der Waals surface area contributed by atoms with E-state index in [4.69, 9.17) is 5.73 Å². The molecule has 3 N–H and O–H groups in total. The molecule has 2 rings (SSSR count). The first-order valence-electron chi connectivity index (χ1n) is 6.90. The van der Waals surface area contributed by atoms with E-state index in [2.05, 4.69) is 19.2 Å². The summed E-state index contributed by atoms with van der Waals surface area (Å²) >= 11 is 0. The average molecular weight is 286 g/mol. The Morgan fingerprint density at radius 1 is 1.24 bits per heavy atom. The van der Waals surface area contributed by atoms with Crippen molar-refractivity contribution in [2.75, 3.05) is 5.32 Å². The fraction of sp³-hybridized carbons (Fsp3) is 0.235. The number of nitrogens with two attached hydrogens (primary N) is 1. The van der Waals surface area contributed by atoms with Crippen LogP contribution >= 0.6 is 0 Å². The predicted molar refractivity (Wildman–Crippen MR) is 82.8 cm³/mol. The summed E-state index contributed by atoms with van der Waals surface area (Å²) in [4.78, 5) is 11.2. The minimum Gasteiger partial charge on any atom is -0.381 e. The van der Waals surface area contributed by atoms with E-state index in [1.54, 1.807) is 0 Å². The molecule has 3 nitrogen and oxygen atoms in total. The summed E-state index contributed by atoms with van der Waals surface area (Å²) < 4.78 is 13.8. The summed E-state index contributed by atoms with van der Waals surface area (Å²) in [5.41, 5.74) is 8.09. The molecule has 0 aromatic heterocycles. The zero-order chi connectivity index (χ0) is 15.4. The lowest BCUT2D eigenvalue weighted by Gasteiger charge is -2.15. The van der Waals surface area contributed by atoms with Crippen molar-refractivity contribution in [3.63, 3.8) is 0 Å². The van der Waals surface area contributed by atoms with Gasteiger partial charge in [-0.2, -0.15) is 0 Å². The molecule has 21 heavy (non-hydrogen) atoms. The summed E-state index contributed by atoms with van der Waals surface area (Å²) in [6.45, 7) is 4.51. The van der Waals surface area contributed by atoms with Crippen LogP contribution in [0.2, 0.25) is 0 Å². The van der Waals surface area contributed by atoms with Crippen LogP contribution in [0, 0.1) is 5.82 Å². The topological polar surface area (TPSA) is 55.1 Å².